The molecule has 136 valence electrons. The van der Waals surface area contributed by atoms with Gasteiger partial charge in [0.05, 0.1) is 14.7 Å². The maximum Gasteiger partial charge on any atom is 0.268 e. The first-order valence-electron chi connectivity index (χ1n) is 8.29. The van der Waals surface area contributed by atoms with Gasteiger partial charge in [-0.15, -0.1) is 11.3 Å². The molecule has 0 fully saturated rings. The molecule has 1 aromatic carbocycles. The van der Waals surface area contributed by atoms with E-state index in [1.807, 2.05) is 30.3 Å². The topological polar surface area (TPSA) is 46.9 Å². The number of fused-ring (bicyclic) bond motifs is 1. The SMILES string of the molecule is O=C(NCc1cccnc1)c1cc2scc(Br)c2n1Cc1ccc(Br)cc1. The highest BCUT2D eigenvalue weighted by molar-refractivity contribution is 9.11. The van der Waals surface area contributed by atoms with Crippen LogP contribution < -0.4 is 5.32 Å². The molecular weight excluding hydrogens is 490 g/mol. The van der Waals surface area contributed by atoms with Crippen molar-refractivity contribution in [3.8, 4) is 0 Å². The quantitative estimate of drug-likeness (QED) is 0.384. The number of halogens is 2. The van der Waals surface area contributed by atoms with Crippen LogP contribution >= 0.6 is 43.2 Å². The van der Waals surface area contributed by atoms with Crippen LogP contribution in [0.4, 0.5) is 0 Å². The molecule has 0 radical (unpaired) electrons. The van der Waals surface area contributed by atoms with E-state index in [0.717, 1.165) is 30.3 Å². The van der Waals surface area contributed by atoms with Crippen molar-refractivity contribution in [2.24, 2.45) is 0 Å². The van der Waals surface area contributed by atoms with Crippen molar-refractivity contribution in [1.29, 1.82) is 0 Å². The van der Waals surface area contributed by atoms with Gasteiger partial charge in [0.25, 0.3) is 5.91 Å². The first-order chi connectivity index (χ1) is 13.1. The average Bonchev–Trinajstić information content (AvgIpc) is 3.23. The van der Waals surface area contributed by atoms with Crippen molar-refractivity contribution in [2.75, 3.05) is 0 Å². The van der Waals surface area contributed by atoms with Crippen LogP contribution in [0.3, 0.4) is 0 Å². The van der Waals surface area contributed by atoms with E-state index >= 15 is 0 Å². The third kappa shape index (κ3) is 4.00. The number of carbonyl (C=O) groups excluding carboxylic acids is 1. The molecule has 0 atom stereocenters. The molecule has 4 nitrogen and oxygen atoms in total. The lowest BCUT2D eigenvalue weighted by Crippen LogP contribution is -2.25. The Bertz CT molecular complexity index is 1090. The van der Waals surface area contributed by atoms with Crippen molar-refractivity contribution in [2.45, 2.75) is 13.1 Å². The molecule has 0 unspecified atom stereocenters. The fourth-order valence-electron chi connectivity index (χ4n) is 2.93. The van der Waals surface area contributed by atoms with Crippen LogP contribution in [0.5, 0.6) is 0 Å². The summed E-state index contributed by atoms with van der Waals surface area (Å²) in [7, 11) is 0. The zero-order chi connectivity index (χ0) is 18.8. The Labute approximate surface area is 177 Å². The molecule has 1 N–H and O–H groups in total. The highest BCUT2D eigenvalue weighted by atomic mass is 79.9. The minimum atomic E-state index is -0.0914. The van der Waals surface area contributed by atoms with Crippen LogP contribution in [-0.4, -0.2) is 15.5 Å². The van der Waals surface area contributed by atoms with Gasteiger partial charge in [-0.1, -0.05) is 34.1 Å². The van der Waals surface area contributed by atoms with Crippen LogP contribution in [-0.2, 0) is 13.1 Å². The lowest BCUT2D eigenvalue weighted by Gasteiger charge is -2.12. The second kappa shape index (κ2) is 7.96. The molecule has 3 aromatic heterocycles. The van der Waals surface area contributed by atoms with Gasteiger partial charge in [0.15, 0.2) is 0 Å². The summed E-state index contributed by atoms with van der Waals surface area (Å²) in [6.45, 7) is 1.08. The van der Waals surface area contributed by atoms with Crippen molar-refractivity contribution in [3.63, 3.8) is 0 Å². The number of aromatic nitrogens is 2. The molecular formula is C20H15Br2N3OS. The van der Waals surface area contributed by atoms with E-state index in [1.54, 1.807) is 23.7 Å². The maximum atomic E-state index is 12.9. The van der Waals surface area contributed by atoms with Crippen LogP contribution in [0.2, 0.25) is 0 Å². The predicted molar refractivity (Wildman–Crippen MR) is 116 cm³/mol. The number of pyridine rings is 1. The van der Waals surface area contributed by atoms with Crippen LogP contribution in [0.15, 0.2) is 69.2 Å². The van der Waals surface area contributed by atoms with Gasteiger partial charge in [-0.2, -0.15) is 0 Å². The molecule has 0 saturated carbocycles. The van der Waals surface area contributed by atoms with Crippen molar-refractivity contribution in [3.05, 3.63) is 86.0 Å². The second-order valence-corrected chi connectivity index (χ2v) is 8.76. The number of nitrogens with one attached hydrogen (secondary N) is 1. The van der Waals surface area contributed by atoms with Gasteiger partial charge in [0.2, 0.25) is 0 Å². The van der Waals surface area contributed by atoms with Gasteiger partial charge in [-0.3, -0.25) is 9.78 Å². The zero-order valence-electron chi connectivity index (χ0n) is 14.2. The van der Waals surface area contributed by atoms with E-state index in [2.05, 4.69) is 64.2 Å². The molecule has 0 aliphatic rings. The molecule has 0 bridgehead atoms. The molecule has 4 aromatic rings. The molecule has 0 saturated heterocycles. The molecule has 0 aliphatic carbocycles. The second-order valence-electron chi connectivity index (χ2n) is 6.08. The van der Waals surface area contributed by atoms with E-state index in [-0.39, 0.29) is 5.91 Å². The molecule has 0 aliphatic heterocycles. The van der Waals surface area contributed by atoms with E-state index in [0.29, 0.717) is 18.8 Å². The number of amides is 1. The molecule has 0 spiro atoms. The standard InChI is InChI=1S/C20H15Br2N3OS/c21-15-5-3-13(4-6-15)11-25-17(8-18-19(25)16(22)12-27-18)20(26)24-10-14-2-1-7-23-9-14/h1-9,12H,10-11H2,(H,24,26). The summed E-state index contributed by atoms with van der Waals surface area (Å²) in [4.78, 5) is 17.0. The summed E-state index contributed by atoms with van der Waals surface area (Å²) < 4.78 is 5.20. The summed E-state index contributed by atoms with van der Waals surface area (Å²) in [5, 5.41) is 5.06. The summed E-state index contributed by atoms with van der Waals surface area (Å²) >= 11 is 8.72. The van der Waals surface area contributed by atoms with Crippen molar-refractivity contribution < 1.29 is 4.79 Å². The first-order valence-corrected chi connectivity index (χ1v) is 10.8. The monoisotopic (exact) mass is 503 g/mol. The zero-order valence-corrected chi connectivity index (χ0v) is 18.1. The van der Waals surface area contributed by atoms with Gasteiger partial charge >= 0.3 is 0 Å². The maximum absolute atomic E-state index is 12.9. The summed E-state index contributed by atoms with van der Waals surface area (Å²) in [6.07, 6.45) is 3.48. The Hall–Kier alpha value is -1.96. The van der Waals surface area contributed by atoms with E-state index in [4.69, 9.17) is 0 Å². The van der Waals surface area contributed by atoms with Crippen molar-refractivity contribution >= 4 is 59.3 Å². The third-order valence-corrected chi connectivity index (χ3v) is 6.59. The Kier molecular flexibility index (Phi) is 5.43. The molecule has 4 rings (SSSR count). The minimum absolute atomic E-state index is 0.0914. The summed E-state index contributed by atoms with van der Waals surface area (Å²) in [5.74, 6) is -0.0914. The molecule has 1 amide bonds. The fourth-order valence-corrected chi connectivity index (χ4v) is 4.89. The van der Waals surface area contributed by atoms with Gasteiger partial charge in [0.1, 0.15) is 5.69 Å². The van der Waals surface area contributed by atoms with Gasteiger partial charge in [0, 0.05) is 35.3 Å². The fraction of sp³-hybridized carbons (Fsp3) is 0.100. The van der Waals surface area contributed by atoms with Crippen molar-refractivity contribution in [1.82, 2.24) is 14.9 Å². The highest BCUT2D eigenvalue weighted by Gasteiger charge is 2.19. The Morgan fingerprint density at radius 1 is 1.15 bits per heavy atom. The lowest BCUT2D eigenvalue weighted by atomic mass is 10.2. The minimum Gasteiger partial charge on any atom is -0.347 e. The van der Waals surface area contributed by atoms with Crippen LogP contribution in [0.25, 0.3) is 10.2 Å². The van der Waals surface area contributed by atoms with E-state index < -0.39 is 0 Å². The number of hydrogen-bond donors (Lipinski definition) is 1. The summed E-state index contributed by atoms with van der Waals surface area (Å²) in [5.41, 5.74) is 3.81. The van der Waals surface area contributed by atoms with Gasteiger partial charge < -0.3 is 9.88 Å². The molecule has 27 heavy (non-hydrogen) atoms. The van der Waals surface area contributed by atoms with E-state index in [1.165, 1.54) is 0 Å². The highest BCUT2D eigenvalue weighted by Crippen LogP contribution is 2.34. The predicted octanol–water partition coefficient (Wildman–Crippen LogP) is 5.60. The van der Waals surface area contributed by atoms with E-state index in [9.17, 15) is 4.79 Å². The normalized spacial score (nSPS) is 11.0. The van der Waals surface area contributed by atoms with Crippen LogP contribution in [0.1, 0.15) is 21.6 Å². The number of benzene rings is 1. The Morgan fingerprint density at radius 2 is 1.96 bits per heavy atom. The lowest BCUT2D eigenvalue weighted by molar-refractivity contribution is 0.0942. The van der Waals surface area contributed by atoms with Crippen LogP contribution in [0, 0.1) is 0 Å². The smallest absolute Gasteiger partial charge is 0.268 e. The molecule has 3 heterocycles. The largest absolute Gasteiger partial charge is 0.347 e. The third-order valence-electron chi connectivity index (χ3n) is 4.24. The molecule has 7 heteroatoms. The number of hydrogen-bond acceptors (Lipinski definition) is 3. The number of thiophene rings is 1. The van der Waals surface area contributed by atoms with Gasteiger partial charge in [-0.05, 0) is 51.3 Å². The Balaban J connectivity index is 1.65. The number of rotatable bonds is 5. The van der Waals surface area contributed by atoms with Gasteiger partial charge in [-0.25, -0.2) is 0 Å². The number of nitrogens with zero attached hydrogens (tertiary/aromatic N) is 2. The average molecular weight is 505 g/mol. The number of carbonyl (C=O) groups is 1. The first kappa shape index (κ1) is 18.4. The Morgan fingerprint density at radius 3 is 2.70 bits per heavy atom. The summed E-state index contributed by atoms with van der Waals surface area (Å²) in [6, 6.07) is 13.9.